The molecule has 4 aromatic rings. The number of methoxy groups -OCH3 is 1. The number of fused-ring (bicyclic) bond motifs is 1. The van der Waals surface area contributed by atoms with E-state index in [0.717, 1.165) is 65.9 Å². The Bertz CT molecular complexity index is 1200. The van der Waals surface area contributed by atoms with Gasteiger partial charge in [0.2, 0.25) is 5.71 Å². The first kappa shape index (κ1) is 22.5. The van der Waals surface area contributed by atoms with Crippen molar-refractivity contribution in [1.29, 1.82) is 0 Å². The number of aromatic nitrogens is 2. The van der Waals surface area contributed by atoms with E-state index in [1.807, 2.05) is 30.3 Å². The summed E-state index contributed by atoms with van der Waals surface area (Å²) in [5.74, 6) is 1.39. The lowest BCUT2D eigenvalue weighted by molar-refractivity contribution is -0.140. The van der Waals surface area contributed by atoms with Gasteiger partial charge in [-0.25, -0.2) is 9.97 Å². The van der Waals surface area contributed by atoms with Crippen LogP contribution in [0.5, 0.6) is 0 Å². The Kier molecular flexibility index (Phi) is 7.35. The number of nitrogens with zero attached hydrogens (tertiary/aromatic N) is 2. The van der Waals surface area contributed by atoms with Gasteiger partial charge in [0, 0.05) is 24.1 Å². The Morgan fingerprint density at radius 3 is 2.48 bits per heavy atom. The van der Waals surface area contributed by atoms with E-state index in [4.69, 9.17) is 9.15 Å². The van der Waals surface area contributed by atoms with Gasteiger partial charge in [-0.3, -0.25) is 4.79 Å². The molecule has 0 aliphatic heterocycles. The average Bonchev–Trinajstić information content (AvgIpc) is 3.27. The van der Waals surface area contributed by atoms with Crippen LogP contribution in [-0.4, -0.2) is 29.6 Å². The van der Waals surface area contributed by atoms with E-state index >= 15 is 0 Å². The fraction of sp³-hybridized carbons (Fsp3) is 0.296. The van der Waals surface area contributed by atoms with E-state index in [-0.39, 0.29) is 5.97 Å². The van der Waals surface area contributed by atoms with Crippen molar-refractivity contribution in [3.8, 4) is 22.5 Å². The highest BCUT2D eigenvalue weighted by molar-refractivity contribution is 6.05. The van der Waals surface area contributed by atoms with E-state index in [1.165, 1.54) is 19.0 Å². The van der Waals surface area contributed by atoms with Gasteiger partial charge in [-0.2, -0.15) is 0 Å². The molecule has 0 saturated heterocycles. The molecule has 0 aliphatic carbocycles. The topological polar surface area (TPSA) is 77.3 Å². The summed E-state index contributed by atoms with van der Waals surface area (Å²) >= 11 is 0. The van der Waals surface area contributed by atoms with Crippen LogP contribution in [0, 0.1) is 0 Å². The maximum absolute atomic E-state index is 11.3. The molecule has 6 nitrogen and oxygen atoms in total. The zero-order valence-corrected chi connectivity index (χ0v) is 19.1. The van der Waals surface area contributed by atoms with Crippen LogP contribution in [0.2, 0.25) is 0 Å². The second-order valence-electron chi connectivity index (χ2n) is 7.94. The minimum atomic E-state index is -0.161. The predicted molar refractivity (Wildman–Crippen MR) is 131 cm³/mol. The summed E-state index contributed by atoms with van der Waals surface area (Å²) in [6, 6.07) is 18.7. The Labute approximate surface area is 194 Å². The number of benzene rings is 2. The third-order valence-electron chi connectivity index (χ3n) is 5.75. The van der Waals surface area contributed by atoms with Crippen LogP contribution in [0.3, 0.4) is 0 Å². The minimum absolute atomic E-state index is 0.161. The molecule has 0 aliphatic rings. The van der Waals surface area contributed by atoms with Crippen molar-refractivity contribution in [2.75, 3.05) is 19.0 Å². The summed E-state index contributed by atoms with van der Waals surface area (Å²) in [6.45, 7) is 2.89. The van der Waals surface area contributed by atoms with Gasteiger partial charge in [0.25, 0.3) is 0 Å². The number of nitrogens with one attached hydrogen (secondary N) is 1. The number of esters is 1. The van der Waals surface area contributed by atoms with E-state index in [1.54, 1.807) is 0 Å². The largest absolute Gasteiger partial charge is 0.469 e. The number of aryl methyl sites for hydroxylation is 1. The molecule has 4 rings (SSSR count). The highest BCUT2D eigenvalue weighted by Crippen LogP contribution is 2.42. The molecular weight excluding hydrogens is 414 g/mol. The van der Waals surface area contributed by atoms with Gasteiger partial charge in [0.15, 0.2) is 0 Å². The van der Waals surface area contributed by atoms with Crippen LogP contribution in [-0.2, 0) is 16.0 Å². The van der Waals surface area contributed by atoms with Crippen molar-refractivity contribution in [3.63, 3.8) is 0 Å². The van der Waals surface area contributed by atoms with Gasteiger partial charge in [0.1, 0.15) is 17.9 Å². The van der Waals surface area contributed by atoms with Gasteiger partial charge >= 0.3 is 5.97 Å². The third kappa shape index (κ3) is 5.22. The monoisotopic (exact) mass is 443 g/mol. The number of ether oxygens (including phenoxy) is 1. The van der Waals surface area contributed by atoms with Crippen LogP contribution in [0.1, 0.15) is 38.2 Å². The number of carbonyl (C=O) groups excluding carboxylic acids is 1. The molecular formula is C27H29N3O3. The Hall–Kier alpha value is -3.67. The lowest BCUT2D eigenvalue weighted by atomic mass is 9.98. The second-order valence-corrected chi connectivity index (χ2v) is 7.94. The molecule has 2 aromatic heterocycles. The Balaban J connectivity index is 1.66. The Morgan fingerprint density at radius 1 is 0.970 bits per heavy atom. The van der Waals surface area contributed by atoms with Crippen LogP contribution in [0.15, 0.2) is 65.3 Å². The fourth-order valence-electron chi connectivity index (χ4n) is 3.92. The number of hydrogen-bond acceptors (Lipinski definition) is 6. The van der Waals surface area contributed by atoms with Gasteiger partial charge < -0.3 is 14.5 Å². The molecule has 0 spiro atoms. The fourth-order valence-corrected chi connectivity index (χ4v) is 3.92. The van der Waals surface area contributed by atoms with Crippen LogP contribution in [0.4, 0.5) is 5.82 Å². The Morgan fingerprint density at radius 2 is 1.76 bits per heavy atom. The van der Waals surface area contributed by atoms with Crippen LogP contribution >= 0.6 is 0 Å². The van der Waals surface area contributed by atoms with Gasteiger partial charge in [-0.05, 0) is 30.4 Å². The van der Waals surface area contributed by atoms with Crippen molar-refractivity contribution in [1.82, 2.24) is 9.97 Å². The predicted octanol–water partition coefficient (Wildman–Crippen LogP) is 6.26. The molecule has 2 heterocycles. The molecule has 33 heavy (non-hydrogen) atoms. The molecule has 0 saturated carbocycles. The van der Waals surface area contributed by atoms with Crippen LogP contribution < -0.4 is 5.32 Å². The third-order valence-corrected chi connectivity index (χ3v) is 5.75. The zero-order valence-electron chi connectivity index (χ0n) is 19.1. The van der Waals surface area contributed by atoms with Crippen molar-refractivity contribution in [3.05, 3.63) is 66.5 Å². The summed E-state index contributed by atoms with van der Waals surface area (Å²) in [6.07, 6.45) is 5.64. The number of hydrogen-bond donors (Lipinski definition) is 1. The van der Waals surface area contributed by atoms with Crippen molar-refractivity contribution in [2.24, 2.45) is 0 Å². The normalized spacial score (nSPS) is 11.0. The maximum Gasteiger partial charge on any atom is 0.305 e. The number of rotatable bonds is 10. The molecule has 170 valence electrons. The number of carbonyl (C=O) groups is 1. The van der Waals surface area contributed by atoms with Crippen molar-refractivity contribution >= 4 is 22.9 Å². The molecule has 0 amide bonds. The molecule has 0 atom stereocenters. The highest BCUT2D eigenvalue weighted by Gasteiger charge is 2.22. The smallest absolute Gasteiger partial charge is 0.305 e. The van der Waals surface area contributed by atoms with E-state index in [0.29, 0.717) is 12.1 Å². The zero-order chi connectivity index (χ0) is 23.0. The van der Waals surface area contributed by atoms with E-state index in [9.17, 15) is 4.79 Å². The summed E-state index contributed by atoms with van der Waals surface area (Å²) < 4.78 is 11.0. The first-order valence-corrected chi connectivity index (χ1v) is 11.4. The standard InChI is InChI=1S/C27H29N3O3/c1-3-19-13-15-20(16-14-19)23-24-26(28-17-9-5-8-12-22(31)32-2)29-18-30-27(24)33-25(23)21-10-6-4-7-11-21/h4,6-7,10-11,13-16,18H,3,5,8-9,12,17H2,1-2H3,(H,28,29,30). The molecule has 0 radical (unpaired) electrons. The summed E-state index contributed by atoms with van der Waals surface area (Å²) in [4.78, 5) is 20.2. The molecule has 0 unspecified atom stereocenters. The molecule has 2 aromatic carbocycles. The van der Waals surface area contributed by atoms with Crippen molar-refractivity contribution < 1.29 is 13.9 Å². The van der Waals surface area contributed by atoms with E-state index < -0.39 is 0 Å². The lowest BCUT2D eigenvalue weighted by Crippen LogP contribution is -2.05. The van der Waals surface area contributed by atoms with Gasteiger partial charge in [0.05, 0.1) is 12.5 Å². The molecule has 0 bridgehead atoms. The van der Waals surface area contributed by atoms with Crippen LogP contribution in [0.25, 0.3) is 33.6 Å². The first-order valence-electron chi connectivity index (χ1n) is 11.4. The summed E-state index contributed by atoms with van der Waals surface area (Å²) in [5.41, 5.74) is 4.91. The minimum Gasteiger partial charge on any atom is -0.469 e. The number of unbranched alkanes of at least 4 members (excludes halogenated alkanes) is 2. The molecule has 6 heteroatoms. The molecule has 1 N–H and O–H groups in total. The van der Waals surface area contributed by atoms with Gasteiger partial charge in [-0.15, -0.1) is 0 Å². The van der Waals surface area contributed by atoms with Crippen molar-refractivity contribution in [2.45, 2.75) is 39.0 Å². The summed E-state index contributed by atoms with van der Waals surface area (Å²) in [7, 11) is 1.42. The first-order chi connectivity index (χ1) is 16.2. The SMILES string of the molecule is CCc1ccc(-c2c(-c3ccccc3)oc3ncnc(NCCCCCC(=O)OC)c23)cc1. The number of furan rings is 1. The average molecular weight is 444 g/mol. The van der Waals surface area contributed by atoms with Gasteiger partial charge in [-0.1, -0.05) is 67.9 Å². The summed E-state index contributed by atoms with van der Waals surface area (Å²) in [5, 5.41) is 4.34. The van der Waals surface area contributed by atoms with E-state index in [2.05, 4.69) is 46.5 Å². The number of anilines is 1. The highest BCUT2D eigenvalue weighted by atomic mass is 16.5. The lowest BCUT2D eigenvalue weighted by Gasteiger charge is -2.09. The quantitative estimate of drug-likeness (QED) is 0.230. The molecule has 0 fully saturated rings. The second kappa shape index (κ2) is 10.8. The maximum atomic E-state index is 11.3.